The number of benzene rings is 2. The average molecular weight is 589 g/mol. The Morgan fingerprint density at radius 2 is 1.68 bits per heavy atom. The molecule has 0 aromatic heterocycles. The molecule has 1 aliphatic carbocycles. The summed E-state index contributed by atoms with van der Waals surface area (Å²) >= 11 is 21.7. The van der Waals surface area contributed by atoms with Crippen molar-refractivity contribution in [2.75, 3.05) is 16.8 Å². The number of nitrogens with zero attached hydrogens (tertiary/aromatic N) is 1. The second-order valence-corrected chi connectivity index (χ2v) is 10.4. The van der Waals surface area contributed by atoms with Crippen LogP contribution in [0.15, 0.2) is 46.9 Å². The molecular weight excluding hydrogens is 571 g/mol. The zero-order valence-corrected chi connectivity index (χ0v) is 21.3. The molecule has 178 valence electrons. The van der Waals surface area contributed by atoms with E-state index in [9.17, 15) is 19.2 Å². The van der Waals surface area contributed by atoms with Gasteiger partial charge in [0.05, 0.1) is 38.9 Å². The van der Waals surface area contributed by atoms with E-state index in [0.29, 0.717) is 28.0 Å². The minimum Gasteiger partial charge on any atom is -0.452 e. The topological polar surface area (TPSA) is 92.8 Å². The van der Waals surface area contributed by atoms with Crippen LogP contribution in [0.25, 0.3) is 0 Å². The first kappa shape index (κ1) is 25.0. The van der Waals surface area contributed by atoms with E-state index in [-0.39, 0.29) is 33.8 Å². The van der Waals surface area contributed by atoms with E-state index in [2.05, 4.69) is 21.2 Å². The number of nitrogens with one attached hydrogen (secondary N) is 1. The molecule has 7 nitrogen and oxygen atoms in total. The lowest BCUT2D eigenvalue weighted by atomic mass is 9.80. The van der Waals surface area contributed by atoms with Gasteiger partial charge in [0.1, 0.15) is 0 Å². The molecule has 0 radical (unpaired) electrons. The largest absolute Gasteiger partial charge is 0.452 e. The lowest BCUT2D eigenvalue weighted by Crippen LogP contribution is -2.34. The number of esters is 1. The van der Waals surface area contributed by atoms with E-state index in [1.54, 1.807) is 24.3 Å². The van der Waals surface area contributed by atoms with Crippen molar-refractivity contribution in [2.24, 2.45) is 11.8 Å². The number of ether oxygens (including phenoxy) is 1. The quantitative estimate of drug-likeness (QED) is 0.301. The van der Waals surface area contributed by atoms with Crippen molar-refractivity contribution in [3.05, 3.63) is 57.5 Å². The minimum absolute atomic E-state index is 0.0953. The third kappa shape index (κ3) is 5.10. The Balaban J connectivity index is 1.41. The Morgan fingerprint density at radius 3 is 2.29 bits per heavy atom. The van der Waals surface area contributed by atoms with E-state index in [0.717, 1.165) is 4.90 Å². The molecule has 34 heavy (non-hydrogen) atoms. The fourth-order valence-electron chi connectivity index (χ4n) is 4.11. The molecule has 0 spiro atoms. The smallest absolute Gasteiger partial charge is 0.338 e. The monoisotopic (exact) mass is 586 g/mol. The van der Waals surface area contributed by atoms with Crippen LogP contribution >= 0.6 is 50.7 Å². The summed E-state index contributed by atoms with van der Waals surface area (Å²) in [4.78, 5) is 51.6. The van der Waals surface area contributed by atoms with Gasteiger partial charge >= 0.3 is 5.97 Å². The van der Waals surface area contributed by atoms with Crippen molar-refractivity contribution < 1.29 is 23.9 Å². The summed E-state index contributed by atoms with van der Waals surface area (Å²) in [6.45, 7) is -0.531. The third-order valence-corrected chi connectivity index (χ3v) is 8.12. The second-order valence-electron chi connectivity index (χ2n) is 8.03. The van der Waals surface area contributed by atoms with Crippen LogP contribution in [0.5, 0.6) is 0 Å². The van der Waals surface area contributed by atoms with Crippen LogP contribution in [0.1, 0.15) is 23.2 Å². The fourth-order valence-corrected chi connectivity index (χ4v) is 5.12. The molecule has 1 saturated carbocycles. The molecule has 2 fully saturated rings. The van der Waals surface area contributed by atoms with Gasteiger partial charge in [-0.2, -0.15) is 0 Å². The molecule has 3 amide bonds. The maximum Gasteiger partial charge on any atom is 0.338 e. The number of halogens is 4. The highest BCUT2D eigenvalue weighted by molar-refractivity contribution is 9.10. The molecular formula is C23H18BrCl3N2O5. The van der Waals surface area contributed by atoms with Gasteiger partial charge in [-0.3, -0.25) is 19.3 Å². The summed E-state index contributed by atoms with van der Waals surface area (Å²) in [5, 5.41) is 2.22. The number of alkyl halides is 2. The molecule has 1 heterocycles. The molecule has 2 aromatic rings. The van der Waals surface area contributed by atoms with Gasteiger partial charge in [0.2, 0.25) is 11.8 Å². The van der Waals surface area contributed by atoms with Crippen molar-refractivity contribution in [1.29, 1.82) is 0 Å². The minimum atomic E-state index is -0.774. The van der Waals surface area contributed by atoms with E-state index < -0.39 is 30.3 Å². The number of carbonyl (C=O) groups excluding carboxylic acids is 4. The Kier molecular flexibility index (Phi) is 7.52. The molecule has 11 heteroatoms. The van der Waals surface area contributed by atoms with E-state index in [1.807, 2.05) is 0 Å². The molecule has 0 bridgehead atoms. The van der Waals surface area contributed by atoms with Crippen LogP contribution in [-0.4, -0.2) is 41.1 Å². The van der Waals surface area contributed by atoms with Gasteiger partial charge in [-0.05, 0) is 65.2 Å². The van der Waals surface area contributed by atoms with Crippen molar-refractivity contribution in [3.8, 4) is 0 Å². The first-order chi connectivity index (χ1) is 16.2. The molecule has 4 rings (SSSR count). The number of anilines is 2. The summed E-state index contributed by atoms with van der Waals surface area (Å²) in [6, 6.07) is 10.8. The van der Waals surface area contributed by atoms with E-state index in [4.69, 9.17) is 39.5 Å². The SMILES string of the molecule is O=C(COC(=O)c1cccc(N2C(=O)[C@H]3C[C@H](Cl)[C@@H](Cl)C[C@H]3C2=O)c1)Nc1ccc(Br)c(Cl)c1. The summed E-state index contributed by atoms with van der Waals surface area (Å²) in [7, 11) is 0. The van der Waals surface area contributed by atoms with Crippen molar-refractivity contribution in [3.63, 3.8) is 0 Å². The zero-order chi connectivity index (χ0) is 24.6. The first-order valence-electron chi connectivity index (χ1n) is 10.3. The summed E-state index contributed by atoms with van der Waals surface area (Å²) in [5.41, 5.74) is 0.796. The fraction of sp³-hybridized carbons (Fsp3) is 0.304. The number of fused-ring (bicyclic) bond motifs is 1. The zero-order valence-electron chi connectivity index (χ0n) is 17.5. The van der Waals surface area contributed by atoms with Gasteiger partial charge < -0.3 is 10.1 Å². The second kappa shape index (κ2) is 10.2. The highest BCUT2D eigenvalue weighted by Crippen LogP contribution is 2.43. The van der Waals surface area contributed by atoms with Gasteiger partial charge in [0.15, 0.2) is 6.61 Å². The normalized spacial score (nSPS) is 24.1. The average Bonchev–Trinajstić information content (AvgIpc) is 3.04. The number of rotatable bonds is 5. The van der Waals surface area contributed by atoms with Crippen molar-refractivity contribution in [2.45, 2.75) is 23.6 Å². The van der Waals surface area contributed by atoms with E-state index >= 15 is 0 Å². The molecule has 1 N–H and O–H groups in total. The molecule has 1 saturated heterocycles. The van der Waals surface area contributed by atoms with Gasteiger partial charge in [-0.1, -0.05) is 17.7 Å². The Labute approximate surface area is 218 Å². The van der Waals surface area contributed by atoms with Crippen LogP contribution in [0.2, 0.25) is 5.02 Å². The lowest BCUT2D eigenvalue weighted by Gasteiger charge is -2.28. The van der Waals surface area contributed by atoms with Gasteiger partial charge in [-0.15, -0.1) is 23.2 Å². The van der Waals surface area contributed by atoms with Gasteiger partial charge in [-0.25, -0.2) is 4.79 Å². The van der Waals surface area contributed by atoms with Crippen LogP contribution in [0.4, 0.5) is 11.4 Å². The first-order valence-corrected chi connectivity index (χ1v) is 12.4. The predicted molar refractivity (Wildman–Crippen MR) is 132 cm³/mol. The molecule has 1 aliphatic heterocycles. The van der Waals surface area contributed by atoms with Crippen LogP contribution in [0, 0.1) is 11.8 Å². The van der Waals surface area contributed by atoms with Crippen molar-refractivity contribution >= 4 is 85.8 Å². The van der Waals surface area contributed by atoms with Gasteiger partial charge in [0.25, 0.3) is 5.91 Å². The summed E-state index contributed by atoms with van der Waals surface area (Å²) in [6.07, 6.45) is 0.643. The summed E-state index contributed by atoms with van der Waals surface area (Å²) < 4.78 is 5.77. The highest BCUT2D eigenvalue weighted by Gasteiger charge is 2.52. The number of hydrogen-bond donors (Lipinski definition) is 1. The standard InChI is InChI=1S/C23H18BrCl3N2O5/c24-16-5-4-12(7-17(16)25)28-20(30)10-34-23(33)11-2-1-3-13(6-11)29-21(31)14-8-18(26)19(27)9-15(14)22(29)32/h1-7,14-15,18-19H,8-10H2,(H,28,30)/t14-,15+,18-,19-/m0/s1. The Bertz CT molecular complexity index is 1150. The van der Waals surface area contributed by atoms with Crippen LogP contribution in [0.3, 0.4) is 0 Å². The molecule has 0 unspecified atom stereocenters. The Hall–Kier alpha value is -2.13. The number of carbonyl (C=O) groups is 4. The lowest BCUT2D eigenvalue weighted by molar-refractivity contribution is -0.122. The maximum atomic E-state index is 12.9. The van der Waals surface area contributed by atoms with E-state index in [1.165, 1.54) is 18.2 Å². The van der Waals surface area contributed by atoms with Gasteiger partial charge in [0, 0.05) is 10.2 Å². The van der Waals surface area contributed by atoms with Crippen LogP contribution < -0.4 is 10.2 Å². The summed E-state index contributed by atoms with van der Waals surface area (Å²) in [5.74, 6) is -3.11. The molecule has 2 aliphatic rings. The molecule has 4 atom stereocenters. The predicted octanol–water partition coefficient (Wildman–Crippen LogP) is 5.01. The molecule has 2 aromatic carbocycles. The maximum absolute atomic E-state index is 12.9. The third-order valence-electron chi connectivity index (χ3n) is 5.79. The number of amides is 3. The Morgan fingerprint density at radius 1 is 1.03 bits per heavy atom. The number of imide groups is 1. The number of hydrogen-bond acceptors (Lipinski definition) is 5. The van der Waals surface area contributed by atoms with Crippen LogP contribution in [-0.2, 0) is 19.1 Å². The highest BCUT2D eigenvalue weighted by atomic mass is 79.9. The van der Waals surface area contributed by atoms with Crippen molar-refractivity contribution in [1.82, 2.24) is 0 Å².